The number of rotatable bonds is 3. The summed E-state index contributed by atoms with van der Waals surface area (Å²) in [5.74, 6) is -0.397. The highest BCUT2D eigenvalue weighted by molar-refractivity contribution is 5.76. The molecule has 0 radical (unpaired) electrons. The van der Waals surface area contributed by atoms with Crippen LogP contribution in [-0.4, -0.2) is 43.8 Å². The van der Waals surface area contributed by atoms with Gasteiger partial charge < -0.3 is 4.90 Å². The van der Waals surface area contributed by atoms with Crippen molar-refractivity contribution in [1.29, 1.82) is 0 Å². The number of anilines is 1. The smallest absolute Gasteiger partial charge is 0.181 e. The van der Waals surface area contributed by atoms with Gasteiger partial charge in [0.1, 0.15) is 17.7 Å². The predicted octanol–water partition coefficient (Wildman–Crippen LogP) is 2.90. The lowest BCUT2D eigenvalue weighted by atomic mass is 10.1. The van der Waals surface area contributed by atoms with Gasteiger partial charge >= 0.3 is 0 Å². The van der Waals surface area contributed by atoms with Crippen LogP contribution in [0.3, 0.4) is 0 Å². The summed E-state index contributed by atoms with van der Waals surface area (Å²) in [4.78, 5) is 6.20. The molecule has 5 rings (SSSR count). The number of aromatic nitrogens is 5. The van der Waals surface area contributed by atoms with E-state index in [9.17, 15) is 8.78 Å². The quantitative estimate of drug-likeness (QED) is 0.569. The molecule has 26 heavy (non-hydrogen) atoms. The highest BCUT2D eigenvalue weighted by Gasteiger charge is 2.27. The summed E-state index contributed by atoms with van der Waals surface area (Å²) in [7, 11) is 0. The minimum Gasteiger partial charge on any atom is -0.365 e. The van der Waals surface area contributed by atoms with Crippen molar-refractivity contribution in [2.24, 2.45) is 0 Å². The van der Waals surface area contributed by atoms with E-state index in [1.165, 1.54) is 10.7 Å². The monoisotopic (exact) mass is 352 g/mol. The summed E-state index contributed by atoms with van der Waals surface area (Å²) in [6, 6.07) is 8.44. The van der Waals surface area contributed by atoms with E-state index >= 15 is 0 Å². The normalized spacial score (nSPS) is 14.8. The summed E-state index contributed by atoms with van der Waals surface area (Å²) in [6.45, 7) is 0.669. The molecular formula is C18H14F2N6. The maximum atomic E-state index is 14.4. The van der Waals surface area contributed by atoms with Gasteiger partial charge in [0.25, 0.3) is 0 Å². The molecule has 4 aromatic rings. The summed E-state index contributed by atoms with van der Waals surface area (Å²) in [5, 5.41) is 9.32. The molecule has 0 bridgehead atoms. The zero-order valence-electron chi connectivity index (χ0n) is 13.6. The van der Waals surface area contributed by atoms with Crippen LogP contribution in [0.4, 0.5) is 14.5 Å². The molecule has 1 aliphatic rings. The number of hydrogen-bond acceptors (Lipinski definition) is 4. The summed E-state index contributed by atoms with van der Waals surface area (Å²) in [6.07, 6.45) is 6.08. The van der Waals surface area contributed by atoms with Crippen LogP contribution in [0.15, 0.2) is 55.1 Å². The zero-order chi connectivity index (χ0) is 17.7. The molecule has 1 saturated heterocycles. The molecule has 1 aliphatic heterocycles. The second-order valence-corrected chi connectivity index (χ2v) is 6.27. The average Bonchev–Trinajstić information content (AvgIpc) is 3.28. The Balaban J connectivity index is 1.55. The third-order valence-electron chi connectivity index (χ3n) is 4.49. The van der Waals surface area contributed by atoms with Gasteiger partial charge in [0, 0.05) is 29.7 Å². The predicted molar refractivity (Wildman–Crippen MR) is 93.1 cm³/mol. The Hall–Kier alpha value is -3.29. The standard InChI is InChI=1S/C18H14F2N6/c19-13-10-24(11-13)14-2-3-16(20)17(7-14)26-9-12-6-15(8-21-18(12)23-26)25-5-1-4-22-25/h1-9,13H,10-11H2. The van der Waals surface area contributed by atoms with Crippen molar-refractivity contribution in [3.05, 3.63) is 60.9 Å². The molecule has 8 heteroatoms. The van der Waals surface area contributed by atoms with E-state index in [4.69, 9.17) is 0 Å². The van der Waals surface area contributed by atoms with Gasteiger partial charge in [-0.2, -0.15) is 5.10 Å². The second kappa shape index (κ2) is 5.62. The van der Waals surface area contributed by atoms with Crippen molar-refractivity contribution in [2.75, 3.05) is 18.0 Å². The van der Waals surface area contributed by atoms with Crippen LogP contribution in [0.25, 0.3) is 22.4 Å². The first-order valence-corrected chi connectivity index (χ1v) is 8.22. The van der Waals surface area contributed by atoms with Gasteiger partial charge in [-0.25, -0.2) is 23.1 Å². The fourth-order valence-electron chi connectivity index (χ4n) is 3.08. The number of nitrogens with zero attached hydrogens (tertiary/aromatic N) is 6. The van der Waals surface area contributed by atoms with E-state index in [1.807, 2.05) is 23.2 Å². The molecule has 130 valence electrons. The summed E-state index contributed by atoms with van der Waals surface area (Å²) >= 11 is 0. The van der Waals surface area contributed by atoms with Gasteiger partial charge in [0.2, 0.25) is 0 Å². The first kappa shape index (κ1) is 15.0. The third kappa shape index (κ3) is 2.42. The van der Waals surface area contributed by atoms with Gasteiger partial charge in [-0.3, -0.25) is 0 Å². The van der Waals surface area contributed by atoms with Gasteiger partial charge in [-0.05, 0) is 30.3 Å². The molecule has 6 nitrogen and oxygen atoms in total. The van der Waals surface area contributed by atoms with Crippen molar-refractivity contribution in [2.45, 2.75) is 6.17 Å². The van der Waals surface area contributed by atoms with Gasteiger partial charge in [-0.15, -0.1) is 5.10 Å². The van der Waals surface area contributed by atoms with E-state index in [0.717, 1.165) is 16.8 Å². The molecule has 3 aromatic heterocycles. The molecule has 4 heterocycles. The molecule has 0 spiro atoms. The fraction of sp³-hybridized carbons (Fsp3) is 0.167. The molecule has 0 amide bonds. The molecule has 1 aromatic carbocycles. The number of alkyl halides is 1. The largest absolute Gasteiger partial charge is 0.365 e. The molecule has 0 atom stereocenters. The van der Waals surface area contributed by atoms with Crippen molar-refractivity contribution in [3.8, 4) is 11.4 Å². The van der Waals surface area contributed by atoms with Crippen molar-refractivity contribution >= 4 is 16.7 Å². The Morgan fingerprint density at radius 3 is 2.73 bits per heavy atom. The van der Waals surface area contributed by atoms with E-state index < -0.39 is 12.0 Å². The minimum atomic E-state index is -0.819. The highest BCUT2D eigenvalue weighted by Crippen LogP contribution is 2.27. The summed E-state index contributed by atoms with van der Waals surface area (Å²) < 4.78 is 30.6. The molecule has 0 saturated carbocycles. The molecule has 0 aliphatic carbocycles. The lowest BCUT2D eigenvalue weighted by molar-refractivity contribution is 0.275. The van der Waals surface area contributed by atoms with Crippen LogP contribution >= 0.6 is 0 Å². The van der Waals surface area contributed by atoms with Crippen LogP contribution in [0, 0.1) is 5.82 Å². The van der Waals surface area contributed by atoms with E-state index in [1.54, 1.807) is 35.4 Å². The van der Waals surface area contributed by atoms with Gasteiger partial charge in [0.05, 0.1) is 25.0 Å². The molecule has 1 fully saturated rings. The van der Waals surface area contributed by atoms with Crippen molar-refractivity contribution < 1.29 is 8.78 Å². The van der Waals surface area contributed by atoms with Gasteiger partial charge in [0.15, 0.2) is 5.65 Å². The third-order valence-corrected chi connectivity index (χ3v) is 4.49. The Kier molecular flexibility index (Phi) is 3.24. The SMILES string of the molecule is Fc1ccc(N2CC(F)C2)cc1-n1cc2cc(-n3cccn3)cnc2n1. The first-order valence-electron chi connectivity index (χ1n) is 8.22. The lowest BCUT2D eigenvalue weighted by Gasteiger charge is -2.36. The van der Waals surface area contributed by atoms with Crippen LogP contribution in [0.5, 0.6) is 0 Å². The second-order valence-electron chi connectivity index (χ2n) is 6.27. The number of hydrogen-bond donors (Lipinski definition) is 0. The first-order chi connectivity index (χ1) is 12.7. The number of benzene rings is 1. The maximum absolute atomic E-state index is 14.4. The van der Waals surface area contributed by atoms with E-state index in [0.29, 0.717) is 24.4 Å². The van der Waals surface area contributed by atoms with Crippen LogP contribution in [0.2, 0.25) is 0 Å². The van der Waals surface area contributed by atoms with E-state index in [2.05, 4.69) is 15.2 Å². The summed E-state index contributed by atoms with van der Waals surface area (Å²) in [5.41, 5.74) is 2.40. The number of halogens is 2. The fourth-order valence-corrected chi connectivity index (χ4v) is 3.08. The minimum absolute atomic E-state index is 0.309. The van der Waals surface area contributed by atoms with Crippen LogP contribution in [0.1, 0.15) is 0 Å². The lowest BCUT2D eigenvalue weighted by Crippen LogP contribution is -2.48. The highest BCUT2D eigenvalue weighted by atomic mass is 19.1. The van der Waals surface area contributed by atoms with E-state index in [-0.39, 0.29) is 0 Å². The van der Waals surface area contributed by atoms with Crippen molar-refractivity contribution in [3.63, 3.8) is 0 Å². The molecule has 0 N–H and O–H groups in total. The Morgan fingerprint density at radius 1 is 1.08 bits per heavy atom. The Morgan fingerprint density at radius 2 is 1.96 bits per heavy atom. The average molecular weight is 352 g/mol. The Bertz CT molecular complexity index is 1080. The number of fused-ring (bicyclic) bond motifs is 1. The molecular weight excluding hydrogens is 338 g/mol. The van der Waals surface area contributed by atoms with Crippen molar-refractivity contribution in [1.82, 2.24) is 24.5 Å². The maximum Gasteiger partial charge on any atom is 0.181 e. The Labute approximate surface area is 147 Å². The number of pyridine rings is 1. The van der Waals surface area contributed by atoms with Gasteiger partial charge in [-0.1, -0.05) is 0 Å². The van der Waals surface area contributed by atoms with Crippen LogP contribution < -0.4 is 4.90 Å². The zero-order valence-corrected chi connectivity index (χ0v) is 13.6. The topological polar surface area (TPSA) is 51.8 Å². The van der Waals surface area contributed by atoms with Crippen LogP contribution in [-0.2, 0) is 0 Å². The molecule has 0 unspecified atom stereocenters.